The highest BCUT2D eigenvalue weighted by Gasteiger charge is 2.10. The second-order valence-corrected chi connectivity index (χ2v) is 6.27. The van der Waals surface area contributed by atoms with Gasteiger partial charge in [-0.15, -0.1) is 0 Å². The molecule has 0 saturated carbocycles. The molecule has 0 spiro atoms. The van der Waals surface area contributed by atoms with Crippen LogP contribution in [-0.2, 0) is 0 Å². The van der Waals surface area contributed by atoms with E-state index in [0.717, 1.165) is 11.5 Å². The van der Waals surface area contributed by atoms with Gasteiger partial charge >= 0.3 is 0 Å². The van der Waals surface area contributed by atoms with Crippen LogP contribution in [-0.4, -0.2) is 9.97 Å². The zero-order valence-electron chi connectivity index (χ0n) is 14.9. The minimum atomic E-state index is 0.141. The Kier molecular flexibility index (Phi) is 5.29. The van der Waals surface area contributed by atoms with Crippen LogP contribution in [0.1, 0.15) is 42.8 Å². The number of aryl methyl sites for hydroxylation is 1. The topological polar surface area (TPSA) is 49.8 Å². The second-order valence-electron chi connectivity index (χ2n) is 6.27. The van der Waals surface area contributed by atoms with E-state index in [2.05, 4.69) is 58.7 Å². The Morgan fingerprint density at radius 1 is 0.720 bits per heavy atom. The molecule has 0 aliphatic heterocycles. The van der Waals surface area contributed by atoms with Crippen LogP contribution in [0.15, 0.2) is 66.7 Å². The third kappa shape index (κ3) is 4.57. The lowest BCUT2D eigenvalue weighted by Gasteiger charge is -2.18. The smallest absolute Gasteiger partial charge is 0.225 e. The van der Waals surface area contributed by atoms with Crippen molar-refractivity contribution in [3.8, 4) is 0 Å². The van der Waals surface area contributed by atoms with Crippen LogP contribution in [0.2, 0.25) is 0 Å². The molecule has 4 nitrogen and oxygen atoms in total. The fraction of sp³-hybridized carbons (Fsp3) is 0.238. The Morgan fingerprint density at radius 3 is 1.80 bits per heavy atom. The van der Waals surface area contributed by atoms with Crippen LogP contribution in [0.25, 0.3) is 0 Å². The first kappa shape index (κ1) is 17.0. The molecule has 0 aliphatic rings. The van der Waals surface area contributed by atoms with Crippen molar-refractivity contribution in [2.75, 3.05) is 10.6 Å². The number of rotatable bonds is 6. The van der Waals surface area contributed by atoms with Crippen molar-refractivity contribution in [1.29, 1.82) is 0 Å². The summed E-state index contributed by atoms with van der Waals surface area (Å²) in [6.07, 6.45) is 0. The first-order valence-corrected chi connectivity index (χ1v) is 8.60. The molecule has 2 atom stereocenters. The quantitative estimate of drug-likeness (QED) is 0.657. The van der Waals surface area contributed by atoms with Crippen molar-refractivity contribution in [2.24, 2.45) is 0 Å². The average Bonchev–Trinajstić information content (AvgIpc) is 2.62. The highest BCUT2D eigenvalue weighted by molar-refractivity contribution is 5.45. The molecule has 128 valence electrons. The summed E-state index contributed by atoms with van der Waals surface area (Å²) in [5, 5.41) is 6.85. The van der Waals surface area contributed by atoms with E-state index < -0.39 is 0 Å². The molecular weight excluding hydrogens is 308 g/mol. The molecule has 1 heterocycles. The minimum Gasteiger partial charge on any atom is -0.363 e. The van der Waals surface area contributed by atoms with Crippen LogP contribution in [0.5, 0.6) is 0 Å². The number of anilines is 2. The molecule has 0 aliphatic carbocycles. The van der Waals surface area contributed by atoms with Crippen molar-refractivity contribution in [3.63, 3.8) is 0 Å². The van der Waals surface area contributed by atoms with Crippen LogP contribution in [0.4, 0.5) is 11.8 Å². The fourth-order valence-corrected chi connectivity index (χ4v) is 2.77. The lowest BCUT2D eigenvalue weighted by Crippen LogP contribution is -2.13. The van der Waals surface area contributed by atoms with E-state index in [9.17, 15) is 0 Å². The number of aromatic nitrogens is 2. The van der Waals surface area contributed by atoms with Gasteiger partial charge in [0.25, 0.3) is 0 Å². The summed E-state index contributed by atoms with van der Waals surface area (Å²) < 4.78 is 0. The Balaban J connectivity index is 1.74. The van der Waals surface area contributed by atoms with Gasteiger partial charge in [-0.1, -0.05) is 60.7 Å². The molecular formula is C21H24N4. The molecule has 0 fully saturated rings. The number of nitrogens with zero attached hydrogens (tertiary/aromatic N) is 2. The van der Waals surface area contributed by atoms with E-state index in [1.165, 1.54) is 11.1 Å². The van der Waals surface area contributed by atoms with E-state index in [4.69, 9.17) is 0 Å². The molecule has 3 rings (SSSR count). The molecule has 3 aromatic rings. The third-order valence-corrected chi connectivity index (χ3v) is 4.16. The largest absolute Gasteiger partial charge is 0.363 e. The normalized spacial score (nSPS) is 13.1. The molecule has 0 saturated heterocycles. The number of hydrogen-bond acceptors (Lipinski definition) is 4. The van der Waals surface area contributed by atoms with E-state index >= 15 is 0 Å². The predicted molar refractivity (Wildman–Crippen MR) is 104 cm³/mol. The van der Waals surface area contributed by atoms with Gasteiger partial charge in [0.1, 0.15) is 5.82 Å². The van der Waals surface area contributed by atoms with Gasteiger partial charge < -0.3 is 10.6 Å². The summed E-state index contributed by atoms with van der Waals surface area (Å²) in [7, 11) is 0. The first-order chi connectivity index (χ1) is 12.1. The molecule has 25 heavy (non-hydrogen) atoms. The van der Waals surface area contributed by atoms with Crippen molar-refractivity contribution in [1.82, 2.24) is 9.97 Å². The molecule has 2 aromatic carbocycles. The molecule has 4 heteroatoms. The molecule has 1 aromatic heterocycles. The predicted octanol–water partition coefficient (Wildman–Crippen LogP) is 5.13. The highest BCUT2D eigenvalue weighted by atomic mass is 15.2. The molecule has 0 radical (unpaired) electrons. The zero-order valence-corrected chi connectivity index (χ0v) is 14.9. The van der Waals surface area contributed by atoms with E-state index in [0.29, 0.717) is 5.95 Å². The summed E-state index contributed by atoms with van der Waals surface area (Å²) in [6, 6.07) is 22.9. The van der Waals surface area contributed by atoms with Gasteiger partial charge in [-0.2, -0.15) is 4.98 Å². The van der Waals surface area contributed by atoms with Crippen LogP contribution in [0, 0.1) is 6.92 Å². The van der Waals surface area contributed by atoms with Gasteiger partial charge in [-0.3, -0.25) is 0 Å². The number of hydrogen-bond donors (Lipinski definition) is 2. The van der Waals surface area contributed by atoms with E-state index in [-0.39, 0.29) is 12.1 Å². The standard InChI is InChI=1S/C21H24N4/c1-15-14-20(23-16(2)18-10-6-4-7-11-18)25-21(22-15)24-17(3)19-12-8-5-9-13-19/h4-14,16-17H,1-3H3,(H2,22,23,24,25). The summed E-state index contributed by atoms with van der Waals surface area (Å²) in [5.74, 6) is 1.46. The maximum absolute atomic E-state index is 4.63. The maximum atomic E-state index is 4.63. The number of benzene rings is 2. The lowest BCUT2D eigenvalue weighted by molar-refractivity contribution is 0.844. The minimum absolute atomic E-state index is 0.141. The van der Waals surface area contributed by atoms with Crippen LogP contribution < -0.4 is 10.6 Å². The molecule has 0 bridgehead atoms. The van der Waals surface area contributed by atoms with Gasteiger partial charge in [0.05, 0.1) is 6.04 Å². The first-order valence-electron chi connectivity index (χ1n) is 8.60. The summed E-state index contributed by atoms with van der Waals surface area (Å²) >= 11 is 0. The van der Waals surface area contributed by atoms with E-state index in [1.807, 2.05) is 49.4 Å². The zero-order chi connectivity index (χ0) is 17.6. The van der Waals surface area contributed by atoms with Crippen molar-refractivity contribution in [2.45, 2.75) is 32.9 Å². The summed E-state index contributed by atoms with van der Waals surface area (Å²) in [5.41, 5.74) is 3.37. The van der Waals surface area contributed by atoms with Gasteiger partial charge in [-0.05, 0) is 31.9 Å². The van der Waals surface area contributed by atoms with Crippen molar-refractivity contribution < 1.29 is 0 Å². The highest BCUT2D eigenvalue weighted by Crippen LogP contribution is 2.21. The maximum Gasteiger partial charge on any atom is 0.225 e. The van der Waals surface area contributed by atoms with Crippen LogP contribution in [0.3, 0.4) is 0 Å². The number of nitrogens with one attached hydrogen (secondary N) is 2. The summed E-state index contributed by atoms with van der Waals surface area (Å²) in [6.45, 7) is 6.23. The summed E-state index contributed by atoms with van der Waals surface area (Å²) in [4.78, 5) is 9.15. The monoisotopic (exact) mass is 332 g/mol. The van der Waals surface area contributed by atoms with Gasteiger partial charge in [0, 0.05) is 17.8 Å². The van der Waals surface area contributed by atoms with Gasteiger partial charge in [0.2, 0.25) is 5.95 Å². The Labute approximate surface area is 149 Å². The molecule has 0 amide bonds. The van der Waals surface area contributed by atoms with Crippen LogP contribution >= 0.6 is 0 Å². The fourth-order valence-electron chi connectivity index (χ4n) is 2.77. The van der Waals surface area contributed by atoms with Gasteiger partial charge in [0.15, 0.2) is 0 Å². The SMILES string of the molecule is Cc1cc(NC(C)c2ccccc2)nc(NC(C)c2ccccc2)n1. The second kappa shape index (κ2) is 7.79. The Bertz CT molecular complexity index is 737. The Morgan fingerprint density at radius 2 is 1.24 bits per heavy atom. The van der Waals surface area contributed by atoms with E-state index in [1.54, 1.807) is 0 Å². The Hall–Kier alpha value is -2.88. The third-order valence-electron chi connectivity index (χ3n) is 4.16. The lowest BCUT2D eigenvalue weighted by atomic mass is 10.1. The molecule has 2 unspecified atom stereocenters. The van der Waals surface area contributed by atoms with Crippen molar-refractivity contribution >= 4 is 11.8 Å². The van der Waals surface area contributed by atoms with Crippen molar-refractivity contribution in [3.05, 3.63) is 83.6 Å². The molecule has 2 N–H and O–H groups in total. The average molecular weight is 332 g/mol. The van der Waals surface area contributed by atoms with Gasteiger partial charge in [-0.25, -0.2) is 4.98 Å².